The van der Waals surface area contributed by atoms with Crippen molar-refractivity contribution in [3.8, 4) is 5.75 Å². The summed E-state index contributed by atoms with van der Waals surface area (Å²) in [5.74, 6) is 0.736. The molecule has 1 atom stereocenters. The highest BCUT2D eigenvalue weighted by atomic mass is 35.5. The third-order valence-corrected chi connectivity index (χ3v) is 2.76. The van der Waals surface area contributed by atoms with E-state index in [9.17, 15) is 4.79 Å². The van der Waals surface area contributed by atoms with Gasteiger partial charge in [-0.1, -0.05) is 32.0 Å². The maximum atomic E-state index is 11.6. The molecule has 3 heteroatoms. The SMILES string of the molecule is CCCOc1ccccc1C(Cl)C(=O)CC. The molecule has 0 amide bonds. The van der Waals surface area contributed by atoms with Gasteiger partial charge in [0.1, 0.15) is 11.1 Å². The lowest BCUT2D eigenvalue weighted by Gasteiger charge is -2.13. The van der Waals surface area contributed by atoms with Crippen LogP contribution >= 0.6 is 11.6 Å². The van der Waals surface area contributed by atoms with E-state index in [1.54, 1.807) is 0 Å². The summed E-state index contributed by atoms with van der Waals surface area (Å²) in [5, 5.41) is -0.599. The average Bonchev–Trinajstić information content (AvgIpc) is 2.34. The Labute approximate surface area is 102 Å². The summed E-state index contributed by atoms with van der Waals surface area (Å²) in [6.45, 7) is 4.49. The van der Waals surface area contributed by atoms with Gasteiger partial charge in [-0.25, -0.2) is 0 Å². The molecular weight excluding hydrogens is 224 g/mol. The second-order valence-corrected chi connectivity index (χ2v) is 4.01. The average molecular weight is 241 g/mol. The summed E-state index contributed by atoms with van der Waals surface area (Å²) in [7, 11) is 0. The molecule has 1 rings (SSSR count). The molecule has 0 heterocycles. The van der Waals surface area contributed by atoms with E-state index < -0.39 is 5.38 Å². The number of ketones is 1. The minimum Gasteiger partial charge on any atom is -0.493 e. The van der Waals surface area contributed by atoms with Crippen molar-refractivity contribution in [1.82, 2.24) is 0 Å². The highest BCUT2D eigenvalue weighted by Gasteiger charge is 2.19. The van der Waals surface area contributed by atoms with Crippen LogP contribution in [0.5, 0.6) is 5.75 Å². The Kier molecular flexibility index (Phi) is 5.33. The summed E-state index contributed by atoms with van der Waals surface area (Å²) in [4.78, 5) is 11.6. The monoisotopic (exact) mass is 240 g/mol. The van der Waals surface area contributed by atoms with Gasteiger partial charge in [0.25, 0.3) is 0 Å². The summed E-state index contributed by atoms with van der Waals surface area (Å²) in [6, 6.07) is 7.44. The normalized spacial score (nSPS) is 12.2. The van der Waals surface area contributed by atoms with Crippen LogP contribution < -0.4 is 4.74 Å². The molecule has 0 aromatic heterocycles. The van der Waals surface area contributed by atoms with Gasteiger partial charge in [-0.3, -0.25) is 4.79 Å². The van der Waals surface area contributed by atoms with Crippen LogP contribution in [0.4, 0.5) is 0 Å². The van der Waals surface area contributed by atoms with Crippen LogP contribution in [0.25, 0.3) is 0 Å². The molecule has 0 saturated carbocycles. The molecule has 1 aromatic rings. The second kappa shape index (κ2) is 6.54. The van der Waals surface area contributed by atoms with E-state index in [2.05, 4.69) is 0 Å². The van der Waals surface area contributed by atoms with Gasteiger partial charge in [0.2, 0.25) is 0 Å². The van der Waals surface area contributed by atoms with Crippen molar-refractivity contribution in [2.45, 2.75) is 32.1 Å². The largest absolute Gasteiger partial charge is 0.493 e. The molecule has 1 aromatic carbocycles. The fourth-order valence-corrected chi connectivity index (χ4v) is 1.72. The van der Waals surface area contributed by atoms with Crippen LogP contribution in [-0.4, -0.2) is 12.4 Å². The van der Waals surface area contributed by atoms with Crippen molar-refractivity contribution in [1.29, 1.82) is 0 Å². The fraction of sp³-hybridized carbons (Fsp3) is 0.462. The zero-order valence-electron chi connectivity index (χ0n) is 9.70. The maximum absolute atomic E-state index is 11.6. The Morgan fingerprint density at radius 1 is 1.38 bits per heavy atom. The van der Waals surface area contributed by atoms with E-state index in [0.717, 1.165) is 12.0 Å². The van der Waals surface area contributed by atoms with Gasteiger partial charge in [0.15, 0.2) is 5.78 Å². The predicted octanol–water partition coefficient (Wildman–Crippen LogP) is 3.73. The highest BCUT2D eigenvalue weighted by Crippen LogP contribution is 2.31. The molecule has 0 aliphatic rings. The smallest absolute Gasteiger partial charge is 0.155 e. The number of carbonyl (C=O) groups is 1. The molecule has 16 heavy (non-hydrogen) atoms. The first kappa shape index (κ1) is 13.0. The lowest BCUT2D eigenvalue weighted by molar-refractivity contribution is -0.118. The predicted molar refractivity (Wildman–Crippen MR) is 66.1 cm³/mol. The lowest BCUT2D eigenvalue weighted by Crippen LogP contribution is -2.07. The van der Waals surface area contributed by atoms with Crippen molar-refractivity contribution in [3.63, 3.8) is 0 Å². The summed E-state index contributed by atoms with van der Waals surface area (Å²) in [6.07, 6.45) is 1.37. The standard InChI is InChI=1S/C13H17ClO2/c1-3-9-16-12-8-6-5-7-10(12)13(14)11(15)4-2/h5-8,13H,3-4,9H2,1-2H3. The summed E-state index contributed by atoms with van der Waals surface area (Å²) >= 11 is 6.11. The molecule has 2 nitrogen and oxygen atoms in total. The first-order chi connectivity index (χ1) is 7.70. The quantitative estimate of drug-likeness (QED) is 0.709. The number of alkyl halides is 1. The Balaban J connectivity index is 2.89. The maximum Gasteiger partial charge on any atom is 0.155 e. The first-order valence-corrected chi connectivity index (χ1v) is 6.02. The molecule has 0 spiro atoms. The third-order valence-electron chi connectivity index (χ3n) is 2.28. The molecule has 0 fully saturated rings. The van der Waals surface area contributed by atoms with Crippen LogP contribution in [0.2, 0.25) is 0 Å². The Morgan fingerprint density at radius 3 is 2.69 bits per heavy atom. The molecule has 0 saturated heterocycles. The molecule has 0 radical (unpaired) electrons. The number of hydrogen-bond acceptors (Lipinski definition) is 2. The Bertz CT molecular complexity index is 350. The molecule has 0 N–H and O–H groups in total. The highest BCUT2D eigenvalue weighted by molar-refractivity contribution is 6.31. The molecule has 0 bridgehead atoms. The number of halogens is 1. The van der Waals surface area contributed by atoms with Crippen molar-refractivity contribution >= 4 is 17.4 Å². The van der Waals surface area contributed by atoms with Crippen LogP contribution in [0.15, 0.2) is 24.3 Å². The number of benzene rings is 1. The Hall–Kier alpha value is -1.02. The zero-order chi connectivity index (χ0) is 12.0. The van der Waals surface area contributed by atoms with E-state index in [0.29, 0.717) is 18.8 Å². The molecule has 0 aliphatic heterocycles. The minimum atomic E-state index is -0.599. The van der Waals surface area contributed by atoms with E-state index in [-0.39, 0.29) is 5.78 Å². The number of para-hydroxylation sites is 1. The van der Waals surface area contributed by atoms with Crippen LogP contribution in [0.1, 0.15) is 37.6 Å². The van der Waals surface area contributed by atoms with Crippen LogP contribution in [0.3, 0.4) is 0 Å². The van der Waals surface area contributed by atoms with Gasteiger partial charge in [-0.05, 0) is 12.5 Å². The lowest BCUT2D eigenvalue weighted by atomic mass is 10.1. The van der Waals surface area contributed by atoms with E-state index in [4.69, 9.17) is 16.3 Å². The van der Waals surface area contributed by atoms with Crippen LogP contribution in [-0.2, 0) is 4.79 Å². The Morgan fingerprint density at radius 2 is 2.06 bits per heavy atom. The minimum absolute atomic E-state index is 0.0224. The van der Waals surface area contributed by atoms with Gasteiger partial charge in [-0.15, -0.1) is 11.6 Å². The number of hydrogen-bond donors (Lipinski definition) is 0. The zero-order valence-corrected chi connectivity index (χ0v) is 10.5. The fourth-order valence-electron chi connectivity index (χ4n) is 1.39. The van der Waals surface area contributed by atoms with Crippen molar-refractivity contribution in [2.24, 2.45) is 0 Å². The number of ether oxygens (including phenoxy) is 1. The van der Waals surface area contributed by atoms with Crippen LogP contribution in [0, 0.1) is 0 Å². The first-order valence-electron chi connectivity index (χ1n) is 5.59. The molecule has 0 aliphatic carbocycles. The number of rotatable bonds is 6. The molecule has 88 valence electrons. The summed E-state index contributed by atoms with van der Waals surface area (Å²) in [5.41, 5.74) is 0.768. The van der Waals surface area contributed by atoms with Gasteiger partial charge in [0.05, 0.1) is 6.61 Å². The second-order valence-electron chi connectivity index (χ2n) is 3.57. The van der Waals surface area contributed by atoms with Crippen molar-refractivity contribution in [2.75, 3.05) is 6.61 Å². The number of carbonyl (C=O) groups excluding carboxylic acids is 1. The van der Waals surface area contributed by atoms with Gasteiger partial charge in [-0.2, -0.15) is 0 Å². The van der Waals surface area contributed by atoms with Gasteiger partial charge in [0, 0.05) is 12.0 Å². The van der Waals surface area contributed by atoms with Gasteiger partial charge >= 0.3 is 0 Å². The third kappa shape index (κ3) is 3.24. The number of Topliss-reactive ketones (excluding diaryl/α,β-unsaturated/α-hetero) is 1. The topological polar surface area (TPSA) is 26.3 Å². The summed E-state index contributed by atoms with van der Waals surface area (Å²) < 4.78 is 5.57. The van der Waals surface area contributed by atoms with Crippen molar-refractivity contribution < 1.29 is 9.53 Å². The van der Waals surface area contributed by atoms with E-state index >= 15 is 0 Å². The van der Waals surface area contributed by atoms with E-state index in [1.807, 2.05) is 38.1 Å². The van der Waals surface area contributed by atoms with E-state index in [1.165, 1.54) is 0 Å². The van der Waals surface area contributed by atoms with Gasteiger partial charge < -0.3 is 4.74 Å². The van der Waals surface area contributed by atoms with Crippen molar-refractivity contribution in [3.05, 3.63) is 29.8 Å². The molecule has 1 unspecified atom stereocenters. The molecular formula is C13H17ClO2.